The van der Waals surface area contributed by atoms with Crippen molar-refractivity contribution in [1.29, 1.82) is 0 Å². The number of Topliss-reactive ketones (excluding diaryl/α,β-unsaturated/α-hetero) is 2. The van der Waals surface area contributed by atoms with Crippen LogP contribution in [0, 0.1) is 35.5 Å². The van der Waals surface area contributed by atoms with Crippen molar-refractivity contribution in [3.8, 4) is 0 Å². The highest BCUT2D eigenvalue weighted by molar-refractivity contribution is 5.90. The number of rotatable bonds is 25. The summed E-state index contributed by atoms with van der Waals surface area (Å²) >= 11 is 0. The van der Waals surface area contributed by atoms with Gasteiger partial charge in [0, 0.05) is 52.5 Å². The first-order valence-electron chi connectivity index (χ1n) is 21.7. The Balaban J connectivity index is 1.79. The van der Waals surface area contributed by atoms with Gasteiger partial charge in [0.15, 0.2) is 5.78 Å². The molecule has 3 rings (SSSR count). The van der Waals surface area contributed by atoms with Gasteiger partial charge in [-0.05, 0) is 55.2 Å². The standard InChI is InChI=1S/C48H73N3O8/c1-12-33(6)45(50(9)47(55)38(31(2)3)28-41(53)44(49-8)32(4)5)42(57-10)29-43(54)51-25-19-24-39(51)46(58-11)34(7)40(52)27-37(26-35-20-15-13-16-21-35)48(56)59-30-36-22-17-14-18-23-36/h13-18,20-23,31-34,37-39,42,44-46,49H,12,19,24-30H2,1-11H3/t33-,34-,37+,38-,39-,42+,44-,45-,46+/m0/s1. The highest BCUT2D eigenvalue weighted by Gasteiger charge is 2.43. The number of likely N-dealkylation sites (N-methyl/N-ethyl adjacent to an activating group) is 2. The number of benzene rings is 2. The lowest BCUT2D eigenvalue weighted by atomic mass is 9.84. The van der Waals surface area contributed by atoms with Crippen LogP contribution in [-0.2, 0) is 51.2 Å². The molecule has 0 unspecified atom stereocenters. The van der Waals surface area contributed by atoms with E-state index < -0.39 is 42.0 Å². The van der Waals surface area contributed by atoms with Gasteiger partial charge in [-0.3, -0.25) is 24.0 Å². The van der Waals surface area contributed by atoms with E-state index in [-0.39, 0.29) is 79.1 Å². The van der Waals surface area contributed by atoms with E-state index in [2.05, 4.69) is 19.2 Å². The minimum Gasteiger partial charge on any atom is -0.461 e. The Kier molecular flexibility index (Phi) is 20.4. The molecule has 11 heteroatoms. The minimum absolute atomic E-state index is 0.00658. The maximum atomic E-state index is 14.4. The topological polar surface area (TPSA) is 132 Å². The van der Waals surface area contributed by atoms with E-state index in [1.54, 1.807) is 33.2 Å². The Bertz CT molecular complexity index is 1620. The molecule has 2 aromatic rings. The number of carbonyl (C=O) groups excluding carboxylic acids is 5. The van der Waals surface area contributed by atoms with Gasteiger partial charge in [-0.1, -0.05) is 116 Å². The number of methoxy groups -OCH3 is 2. The van der Waals surface area contributed by atoms with E-state index in [9.17, 15) is 24.0 Å². The van der Waals surface area contributed by atoms with E-state index in [4.69, 9.17) is 14.2 Å². The Hall–Kier alpha value is -3.93. The van der Waals surface area contributed by atoms with Crippen LogP contribution in [0.5, 0.6) is 0 Å². The second-order valence-corrected chi connectivity index (χ2v) is 17.3. The van der Waals surface area contributed by atoms with Crippen LogP contribution in [0.2, 0.25) is 0 Å². The lowest BCUT2D eigenvalue weighted by Gasteiger charge is -2.41. The Morgan fingerprint density at radius 3 is 1.95 bits per heavy atom. The van der Waals surface area contributed by atoms with Crippen LogP contribution in [0.4, 0.5) is 0 Å². The van der Waals surface area contributed by atoms with E-state index >= 15 is 0 Å². The maximum absolute atomic E-state index is 14.4. The Morgan fingerprint density at radius 1 is 0.814 bits per heavy atom. The van der Waals surface area contributed by atoms with Crippen molar-refractivity contribution in [3.05, 3.63) is 71.8 Å². The van der Waals surface area contributed by atoms with Crippen LogP contribution in [0.1, 0.15) is 98.1 Å². The van der Waals surface area contributed by atoms with Gasteiger partial charge in [0.05, 0.1) is 42.7 Å². The molecule has 2 aromatic carbocycles. The van der Waals surface area contributed by atoms with E-state index in [0.29, 0.717) is 19.4 Å². The van der Waals surface area contributed by atoms with Crippen molar-refractivity contribution in [2.45, 2.75) is 130 Å². The summed E-state index contributed by atoms with van der Waals surface area (Å²) in [5.41, 5.74) is 1.80. The van der Waals surface area contributed by atoms with Gasteiger partial charge in [-0.2, -0.15) is 0 Å². The number of esters is 1. The molecule has 328 valence electrons. The molecule has 1 aliphatic rings. The number of amides is 2. The minimum atomic E-state index is -0.692. The molecule has 9 atom stereocenters. The summed E-state index contributed by atoms with van der Waals surface area (Å²) in [4.78, 5) is 73.2. The van der Waals surface area contributed by atoms with Crippen LogP contribution in [0.3, 0.4) is 0 Å². The van der Waals surface area contributed by atoms with E-state index in [0.717, 1.165) is 24.0 Å². The summed E-state index contributed by atoms with van der Waals surface area (Å²) in [6.07, 6.45) is 1.44. The molecule has 2 amide bonds. The quantitative estimate of drug-likeness (QED) is 0.106. The molecule has 0 aromatic heterocycles. The van der Waals surface area contributed by atoms with Crippen molar-refractivity contribution in [3.63, 3.8) is 0 Å². The van der Waals surface area contributed by atoms with Gasteiger partial charge in [0.1, 0.15) is 12.4 Å². The van der Waals surface area contributed by atoms with Crippen molar-refractivity contribution in [1.82, 2.24) is 15.1 Å². The molecule has 11 nitrogen and oxygen atoms in total. The molecular formula is C48H73N3O8. The predicted octanol–water partition coefficient (Wildman–Crippen LogP) is 6.94. The van der Waals surface area contributed by atoms with E-state index in [1.165, 1.54) is 0 Å². The monoisotopic (exact) mass is 820 g/mol. The Labute approximate surface area is 354 Å². The smallest absolute Gasteiger partial charge is 0.310 e. The third-order valence-corrected chi connectivity index (χ3v) is 12.6. The molecule has 59 heavy (non-hydrogen) atoms. The zero-order valence-corrected chi connectivity index (χ0v) is 37.6. The molecule has 1 fully saturated rings. The summed E-state index contributed by atoms with van der Waals surface area (Å²) in [6, 6.07) is 17.9. The third kappa shape index (κ3) is 13.8. The van der Waals surface area contributed by atoms with Crippen LogP contribution < -0.4 is 5.32 Å². The van der Waals surface area contributed by atoms with E-state index in [1.807, 2.05) is 100 Å². The second kappa shape index (κ2) is 24.4. The molecule has 1 saturated heterocycles. The molecule has 1 aliphatic heterocycles. The average molecular weight is 820 g/mol. The predicted molar refractivity (Wildman–Crippen MR) is 231 cm³/mol. The number of ether oxygens (including phenoxy) is 3. The first-order chi connectivity index (χ1) is 28.1. The van der Waals surface area contributed by atoms with Crippen LogP contribution >= 0.6 is 0 Å². The zero-order valence-electron chi connectivity index (χ0n) is 37.6. The number of hydrogen-bond acceptors (Lipinski definition) is 9. The summed E-state index contributed by atoms with van der Waals surface area (Å²) < 4.78 is 17.8. The number of carbonyl (C=O) groups is 5. The molecule has 0 radical (unpaired) electrons. The van der Waals surface area contributed by atoms with Crippen molar-refractivity contribution >= 4 is 29.4 Å². The average Bonchev–Trinajstić information content (AvgIpc) is 3.71. The van der Waals surface area contributed by atoms with Crippen molar-refractivity contribution < 1.29 is 38.2 Å². The molecule has 0 spiro atoms. The SMILES string of the molecule is CC[C@H](C)[C@@H]([C@@H](CC(=O)N1CCC[C@H]1[C@H](OC)[C@@H](C)C(=O)C[C@@H](Cc1ccccc1)C(=O)OCc1ccccc1)OC)N(C)C(=O)[C@@H](CC(=O)[C@@H](NC)C(C)C)C(C)C. The fourth-order valence-corrected chi connectivity index (χ4v) is 8.83. The fraction of sp³-hybridized carbons (Fsp3) is 0.646. The first kappa shape index (κ1) is 49.4. The second-order valence-electron chi connectivity index (χ2n) is 17.3. The van der Waals surface area contributed by atoms with Gasteiger partial charge in [-0.25, -0.2) is 0 Å². The normalized spacial score (nSPS) is 18.4. The lowest BCUT2D eigenvalue weighted by Crippen LogP contribution is -2.54. The molecule has 0 bridgehead atoms. The molecule has 1 heterocycles. The summed E-state index contributed by atoms with van der Waals surface area (Å²) in [6.45, 7) is 14.5. The number of ketones is 2. The van der Waals surface area contributed by atoms with Gasteiger partial charge in [0.25, 0.3) is 0 Å². The fourth-order valence-electron chi connectivity index (χ4n) is 8.83. The van der Waals surface area contributed by atoms with Gasteiger partial charge in [0.2, 0.25) is 11.8 Å². The maximum Gasteiger partial charge on any atom is 0.310 e. The summed E-state index contributed by atoms with van der Waals surface area (Å²) in [5.74, 6) is -2.64. The summed E-state index contributed by atoms with van der Waals surface area (Å²) in [5, 5.41) is 3.12. The number of nitrogens with one attached hydrogen (secondary N) is 1. The van der Waals surface area contributed by atoms with Gasteiger partial charge < -0.3 is 29.3 Å². The largest absolute Gasteiger partial charge is 0.461 e. The van der Waals surface area contributed by atoms with Gasteiger partial charge >= 0.3 is 5.97 Å². The van der Waals surface area contributed by atoms with Crippen LogP contribution in [0.25, 0.3) is 0 Å². The highest BCUT2D eigenvalue weighted by atomic mass is 16.5. The number of likely N-dealkylation sites (tertiary alicyclic amines) is 1. The molecule has 0 saturated carbocycles. The van der Waals surface area contributed by atoms with Crippen LogP contribution in [-0.4, -0.2) is 104 Å². The lowest BCUT2D eigenvalue weighted by molar-refractivity contribution is -0.152. The van der Waals surface area contributed by atoms with Gasteiger partial charge in [-0.15, -0.1) is 0 Å². The third-order valence-electron chi connectivity index (χ3n) is 12.6. The molecular weight excluding hydrogens is 747 g/mol. The first-order valence-corrected chi connectivity index (χ1v) is 21.7. The number of nitrogens with zero attached hydrogens (tertiary/aromatic N) is 2. The molecule has 1 N–H and O–H groups in total. The Morgan fingerprint density at radius 2 is 1.42 bits per heavy atom. The van der Waals surface area contributed by atoms with Crippen molar-refractivity contribution in [2.24, 2.45) is 35.5 Å². The zero-order chi connectivity index (χ0) is 43.8. The van der Waals surface area contributed by atoms with Crippen molar-refractivity contribution in [2.75, 3.05) is 34.9 Å². The highest BCUT2D eigenvalue weighted by Crippen LogP contribution is 2.32. The van der Waals surface area contributed by atoms with Crippen LogP contribution in [0.15, 0.2) is 60.7 Å². The summed E-state index contributed by atoms with van der Waals surface area (Å²) in [7, 11) is 6.68. The number of hydrogen-bond donors (Lipinski definition) is 1. The molecule has 0 aliphatic carbocycles.